The minimum Gasteiger partial charge on any atom is -0.472 e. The molecule has 2 heterocycles. The number of halogens is 2. The minimum absolute atomic E-state index is 0.0581. The number of nitrogens with zero attached hydrogens (tertiary/aromatic N) is 3. The van der Waals surface area contributed by atoms with Gasteiger partial charge in [0.2, 0.25) is 0 Å². The fraction of sp³-hybridized carbons (Fsp3) is 0.474. The van der Waals surface area contributed by atoms with Gasteiger partial charge in [-0.15, -0.1) is 0 Å². The first-order valence-electron chi connectivity index (χ1n) is 9.38. The molecule has 1 atom stereocenters. The van der Waals surface area contributed by atoms with Crippen molar-refractivity contribution in [3.05, 3.63) is 36.3 Å². The highest BCUT2D eigenvalue weighted by Crippen LogP contribution is 2.27. The second-order valence-corrected chi connectivity index (χ2v) is 7.00. The quantitative estimate of drug-likeness (QED) is 0.730. The van der Waals surface area contributed by atoms with Crippen molar-refractivity contribution in [3.8, 4) is 17.3 Å². The Morgan fingerprint density at radius 3 is 2.45 bits per heavy atom. The molecule has 0 aliphatic heterocycles. The molecule has 2 aromatic rings. The predicted octanol–water partition coefficient (Wildman–Crippen LogP) is 2.58. The fourth-order valence-corrected chi connectivity index (χ4v) is 3.14. The van der Waals surface area contributed by atoms with Gasteiger partial charge in [0, 0.05) is 11.8 Å². The maximum Gasteiger partial charge on any atom is 0.312 e. The second kappa shape index (κ2) is 9.55. The van der Waals surface area contributed by atoms with Crippen molar-refractivity contribution < 1.29 is 23.0 Å². The van der Waals surface area contributed by atoms with Crippen LogP contribution in [0.1, 0.15) is 32.6 Å². The summed E-state index contributed by atoms with van der Waals surface area (Å²) in [7, 11) is 0. The Morgan fingerprint density at radius 1 is 1.17 bits per heavy atom. The standard InChI is InChI=1S/C19H23F2N5O3/c1-11(26-19(22)27)10-28-14-2-4-15(5-3-14)29-18-16(21)6-12(7-25-18)17-23-8-13(20)9-24-17/h6-9,11,14-15H,2-5,10H2,1H3,(H3,22,26,27)/t11-,14-,15-/m0/s1. The summed E-state index contributed by atoms with van der Waals surface area (Å²) < 4.78 is 38.8. The molecule has 3 rings (SSSR count). The molecule has 0 spiro atoms. The molecular formula is C19H23F2N5O3. The van der Waals surface area contributed by atoms with Crippen LogP contribution in [-0.2, 0) is 4.74 Å². The summed E-state index contributed by atoms with van der Waals surface area (Å²) in [6, 6.07) is 0.477. The molecule has 1 aliphatic carbocycles. The SMILES string of the molecule is C[C@@H](CO[C@H]1CC[C@H](Oc2ncc(-c3ncc(F)cn3)cc2F)CC1)NC(N)=O. The van der Waals surface area contributed by atoms with Crippen LogP contribution in [0.25, 0.3) is 11.4 Å². The lowest BCUT2D eigenvalue weighted by Crippen LogP contribution is -2.40. The first-order valence-corrected chi connectivity index (χ1v) is 9.38. The van der Waals surface area contributed by atoms with Crippen LogP contribution < -0.4 is 15.8 Å². The first-order chi connectivity index (χ1) is 13.9. The van der Waals surface area contributed by atoms with E-state index in [0.29, 0.717) is 25.0 Å². The van der Waals surface area contributed by atoms with Gasteiger partial charge in [-0.1, -0.05) is 0 Å². The number of carbonyl (C=O) groups is 1. The van der Waals surface area contributed by atoms with Crippen LogP contribution in [-0.4, -0.2) is 45.8 Å². The van der Waals surface area contributed by atoms with Crippen molar-refractivity contribution in [1.29, 1.82) is 0 Å². The van der Waals surface area contributed by atoms with Gasteiger partial charge >= 0.3 is 6.03 Å². The van der Waals surface area contributed by atoms with Gasteiger partial charge in [-0.3, -0.25) is 0 Å². The Morgan fingerprint density at radius 2 is 1.83 bits per heavy atom. The third-order valence-electron chi connectivity index (χ3n) is 4.56. The van der Waals surface area contributed by atoms with Gasteiger partial charge in [-0.25, -0.2) is 28.5 Å². The van der Waals surface area contributed by atoms with Gasteiger partial charge in [0.1, 0.15) is 6.10 Å². The number of primary amides is 1. The topological polar surface area (TPSA) is 112 Å². The molecule has 0 saturated heterocycles. The van der Waals surface area contributed by atoms with Crippen LogP contribution in [0.5, 0.6) is 5.88 Å². The van der Waals surface area contributed by atoms with E-state index in [2.05, 4.69) is 20.3 Å². The largest absolute Gasteiger partial charge is 0.472 e. The number of carbonyl (C=O) groups excluding carboxylic acids is 1. The summed E-state index contributed by atoms with van der Waals surface area (Å²) in [5.41, 5.74) is 5.41. The highest BCUT2D eigenvalue weighted by Gasteiger charge is 2.25. The normalized spacial score (nSPS) is 20.1. The van der Waals surface area contributed by atoms with Crippen LogP contribution >= 0.6 is 0 Å². The van der Waals surface area contributed by atoms with E-state index in [-0.39, 0.29) is 30.0 Å². The van der Waals surface area contributed by atoms with Crippen molar-refractivity contribution in [2.75, 3.05) is 6.61 Å². The molecular weight excluding hydrogens is 384 g/mol. The number of rotatable bonds is 7. The average molecular weight is 407 g/mol. The molecule has 8 nitrogen and oxygen atoms in total. The summed E-state index contributed by atoms with van der Waals surface area (Å²) in [6.45, 7) is 2.19. The summed E-state index contributed by atoms with van der Waals surface area (Å²) in [4.78, 5) is 22.4. The van der Waals surface area contributed by atoms with E-state index in [9.17, 15) is 13.6 Å². The maximum atomic E-state index is 14.4. The number of nitrogens with two attached hydrogens (primary N) is 1. The average Bonchev–Trinajstić information content (AvgIpc) is 2.69. The van der Waals surface area contributed by atoms with Gasteiger partial charge in [-0.2, -0.15) is 0 Å². The molecule has 0 unspecified atom stereocenters. The van der Waals surface area contributed by atoms with Gasteiger partial charge < -0.3 is 20.5 Å². The van der Waals surface area contributed by atoms with Gasteiger partial charge in [0.25, 0.3) is 5.88 Å². The number of urea groups is 1. The van der Waals surface area contributed by atoms with Crippen LogP contribution in [0.4, 0.5) is 13.6 Å². The predicted molar refractivity (Wildman–Crippen MR) is 100.0 cm³/mol. The summed E-state index contributed by atoms with van der Waals surface area (Å²) in [5.74, 6) is -1.10. The van der Waals surface area contributed by atoms with Crippen molar-refractivity contribution >= 4 is 6.03 Å². The Kier molecular flexibility index (Phi) is 6.86. The summed E-state index contributed by atoms with van der Waals surface area (Å²) in [6.07, 6.45) is 6.24. The number of hydrogen-bond acceptors (Lipinski definition) is 6. The maximum absolute atomic E-state index is 14.4. The van der Waals surface area contributed by atoms with Gasteiger partial charge in [-0.05, 0) is 38.7 Å². The van der Waals surface area contributed by atoms with Crippen LogP contribution in [0.3, 0.4) is 0 Å². The molecule has 0 radical (unpaired) electrons. The number of ether oxygens (including phenoxy) is 2. The van der Waals surface area contributed by atoms with E-state index in [0.717, 1.165) is 25.2 Å². The number of pyridine rings is 1. The second-order valence-electron chi connectivity index (χ2n) is 7.00. The summed E-state index contributed by atoms with van der Waals surface area (Å²) in [5, 5.41) is 2.56. The monoisotopic (exact) mass is 407 g/mol. The number of nitrogens with one attached hydrogen (secondary N) is 1. The molecule has 0 bridgehead atoms. The molecule has 1 aliphatic rings. The van der Waals surface area contributed by atoms with E-state index < -0.39 is 17.7 Å². The third kappa shape index (κ3) is 6.05. The van der Waals surface area contributed by atoms with Crippen LogP contribution in [0, 0.1) is 11.6 Å². The molecule has 10 heteroatoms. The molecule has 156 valence electrons. The highest BCUT2D eigenvalue weighted by atomic mass is 19.1. The van der Waals surface area contributed by atoms with Crippen molar-refractivity contribution in [3.63, 3.8) is 0 Å². The van der Waals surface area contributed by atoms with Crippen molar-refractivity contribution in [2.24, 2.45) is 5.73 Å². The zero-order valence-electron chi connectivity index (χ0n) is 16.0. The lowest BCUT2D eigenvalue weighted by Gasteiger charge is -2.29. The van der Waals surface area contributed by atoms with Crippen molar-refractivity contribution in [1.82, 2.24) is 20.3 Å². The molecule has 1 saturated carbocycles. The number of hydrogen-bond donors (Lipinski definition) is 2. The lowest BCUT2D eigenvalue weighted by molar-refractivity contribution is -0.00494. The molecule has 3 N–H and O–H groups in total. The smallest absolute Gasteiger partial charge is 0.312 e. The summed E-state index contributed by atoms with van der Waals surface area (Å²) >= 11 is 0. The molecule has 1 fully saturated rings. The minimum atomic E-state index is -0.625. The fourth-order valence-electron chi connectivity index (χ4n) is 3.14. The van der Waals surface area contributed by atoms with E-state index in [1.807, 2.05) is 6.92 Å². The molecule has 29 heavy (non-hydrogen) atoms. The van der Waals surface area contributed by atoms with Crippen LogP contribution in [0.15, 0.2) is 24.7 Å². The highest BCUT2D eigenvalue weighted by molar-refractivity contribution is 5.71. The van der Waals surface area contributed by atoms with E-state index in [1.54, 1.807) is 0 Å². The Labute approximate surface area is 166 Å². The number of amides is 2. The van der Waals surface area contributed by atoms with E-state index in [1.165, 1.54) is 12.3 Å². The third-order valence-corrected chi connectivity index (χ3v) is 4.56. The lowest BCUT2D eigenvalue weighted by atomic mass is 9.95. The van der Waals surface area contributed by atoms with Gasteiger partial charge in [0.05, 0.1) is 31.1 Å². The Bertz CT molecular complexity index is 829. The Hall–Kier alpha value is -2.88. The Balaban J connectivity index is 1.49. The van der Waals surface area contributed by atoms with Crippen LogP contribution in [0.2, 0.25) is 0 Å². The van der Waals surface area contributed by atoms with Crippen molar-refractivity contribution in [2.45, 2.75) is 50.9 Å². The molecule has 0 aromatic carbocycles. The first kappa shape index (κ1) is 20.8. The molecule has 2 amide bonds. The van der Waals surface area contributed by atoms with E-state index in [4.69, 9.17) is 15.2 Å². The zero-order valence-corrected chi connectivity index (χ0v) is 16.0. The zero-order chi connectivity index (χ0) is 20.8. The number of aromatic nitrogens is 3. The van der Waals surface area contributed by atoms with Gasteiger partial charge in [0.15, 0.2) is 17.5 Å². The van der Waals surface area contributed by atoms with E-state index >= 15 is 0 Å². The molecule has 2 aromatic heterocycles.